The fraction of sp³-hybridized carbons (Fsp3) is 0.500. The standard InChI is InChI=1S/C10H15N3O3S/c1-13(8-3-5-16-7-8)17(14,15)10-6-12-4-2-9(10)11/h2,4,6,8H,3,5,7H2,1H3,(H2,11,12). The molecule has 2 rings (SSSR count). The van der Waals surface area contributed by atoms with Gasteiger partial charge in [-0.3, -0.25) is 4.98 Å². The minimum absolute atomic E-state index is 0.0504. The first-order valence-corrected chi connectivity index (χ1v) is 6.73. The highest BCUT2D eigenvalue weighted by molar-refractivity contribution is 7.89. The molecule has 0 saturated carbocycles. The van der Waals surface area contributed by atoms with Crippen molar-refractivity contribution in [3.05, 3.63) is 18.5 Å². The second-order valence-corrected chi connectivity index (χ2v) is 5.92. The maximum Gasteiger partial charge on any atom is 0.246 e. The zero-order valence-corrected chi connectivity index (χ0v) is 10.4. The molecular weight excluding hydrogens is 242 g/mol. The van der Waals surface area contributed by atoms with Crippen molar-refractivity contribution < 1.29 is 13.2 Å². The molecule has 0 bridgehead atoms. The first-order valence-electron chi connectivity index (χ1n) is 5.29. The summed E-state index contributed by atoms with van der Waals surface area (Å²) in [5.41, 5.74) is 5.88. The minimum Gasteiger partial charge on any atom is -0.398 e. The number of anilines is 1. The molecule has 1 aromatic heterocycles. The van der Waals surface area contributed by atoms with Gasteiger partial charge in [0, 0.05) is 26.0 Å². The van der Waals surface area contributed by atoms with Gasteiger partial charge in [-0.2, -0.15) is 4.31 Å². The Morgan fingerprint density at radius 2 is 2.35 bits per heavy atom. The lowest BCUT2D eigenvalue weighted by Gasteiger charge is -2.22. The number of rotatable bonds is 3. The van der Waals surface area contributed by atoms with Crippen LogP contribution in [0.15, 0.2) is 23.4 Å². The van der Waals surface area contributed by atoms with Crippen LogP contribution in [0.2, 0.25) is 0 Å². The minimum atomic E-state index is -3.59. The molecule has 1 fully saturated rings. The molecule has 0 aliphatic carbocycles. The number of sulfonamides is 1. The summed E-state index contributed by atoms with van der Waals surface area (Å²) in [6.45, 7) is 1.02. The highest BCUT2D eigenvalue weighted by Gasteiger charge is 2.31. The summed E-state index contributed by atoms with van der Waals surface area (Å²) in [6.07, 6.45) is 3.44. The summed E-state index contributed by atoms with van der Waals surface area (Å²) in [4.78, 5) is 3.85. The lowest BCUT2D eigenvalue weighted by molar-refractivity contribution is 0.181. The monoisotopic (exact) mass is 257 g/mol. The number of nitrogen functional groups attached to an aromatic ring is 1. The van der Waals surface area contributed by atoms with E-state index in [1.807, 2.05) is 0 Å². The maximum atomic E-state index is 12.3. The summed E-state index contributed by atoms with van der Waals surface area (Å²) in [6, 6.07) is 1.35. The van der Waals surface area contributed by atoms with Gasteiger partial charge in [0.05, 0.1) is 18.3 Å². The van der Waals surface area contributed by atoms with Gasteiger partial charge >= 0.3 is 0 Å². The summed E-state index contributed by atoms with van der Waals surface area (Å²) in [7, 11) is -2.04. The normalized spacial score (nSPS) is 20.9. The van der Waals surface area contributed by atoms with Crippen molar-refractivity contribution >= 4 is 15.7 Å². The molecule has 1 saturated heterocycles. The SMILES string of the molecule is CN(C1CCOC1)S(=O)(=O)c1cnccc1N. The molecule has 2 heterocycles. The molecule has 2 N–H and O–H groups in total. The molecule has 0 radical (unpaired) electrons. The number of ether oxygens (including phenoxy) is 1. The van der Waals surface area contributed by atoms with Crippen LogP contribution in [0.25, 0.3) is 0 Å². The smallest absolute Gasteiger partial charge is 0.246 e. The second-order valence-electron chi connectivity index (χ2n) is 3.95. The average molecular weight is 257 g/mol. The van der Waals surface area contributed by atoms with Gasteiger partial charge in [0.1, 0.15) is 4.90 Å². The molecule has 17 heavy (non-hydrogen) atoms. The van der Waals surface area contributed by atoms with Crippen LogP contribution in [0.4, 0.5) is 5.69 Å². The number of nitrogens with zero attached hydrogens (tertiary/aromatic N) is 2. The van der Waals surface area contributed by atoms with Crippen molar-refractivity contribution in [1.29, 1.82) is 0 Å². The third kappa shape index (κ3) is 2.26. The van der Waals surface area contributed by atoms with Crippen LogP contribution >= 0.6 is 0 Å². The van der Waals surface area contributed by atoms with Crippen LogP contribution in [-0.2, 0) is 14.8 Å². The van der Waals surface area contributed by atoms with Crippen molar-refractivity contribution in [3.63, 3.8) is 0 Å². The Kier molecular flexibility index (Phi) is 3.32. The van der Waals surface area contributed by atoms with E-state index in [1.165, 1.54) is 22.8 Å². The van der Waals surface area contributed by atoms with Crippen molar-refractivity contribution in [1.82, 2.24) is 9.29 Å². The van der Waals surface area contributed by atoms with Gasteiger partial charge < -0.3 is 10.5 Å². The quantitative estimate of drug-likeness (QED) is 0.828. The van der Waals surface area contributed by atoms with Gasteiger partial charge in [0.25, 0.3) is 0 Å². The zero-order valence-electron chi connectivity index (χ0n) is 9.54. The van der Waals surface area contributed by atoms with Gasteiger partial charge in [-0.25, -0.2) is 8.42 Å². The van der Waals surface area contributed by atoms with E-state index in [-0.39, 0.29) is 16.6 Å². The molecule has 6 nitrogen and oxygen atoms in total. The topological polar surface area (TPSA) is 85.5 Å². The highest BCUT2D eigenvalue weighted by atomic mass is 32.2. The van der Waals surface area contributed by atoms with Gasteiger partial charge in [-0.15, -0.1) is 0 Å². The van der Waals surface area contributed by atoms with E-state index in [0.717, 1.165) is 0 Å². The van der Waals surface area contributed by atoms with E-state index in [9.17, 15) is 8.42 Å². The van der Waals surface area contributed by atoms with Crippen molar-refractivity contribution in [2.24, 2.45) is 0 Å². The summed E-state index contributed by atoms with van der Waals surface area (Å²) in [5, 5.41) is 0. The first-order chi connectivity index (χ1) is 8.03. The molecule has 1 aliphatic heterocycles. The van der Waals surface area contributed by atoms with Gasteiger partial charge in [0.2, 0.25) is 10.0 Å². The van der Waals surface area contributed by atoms with E-state index < -0.39 is 10.0 Å². The van der Waals surface area contributed by atoms with Crippen molar-refractivity contribution in [3.8, 4) is 0 Å². The van der Waals surface area contributed by atoms with Crippen molar-refractivity contribution in [2.75, 3.05) is 26.0 Å². The number of likely N-dealkylation sites (N-methyl/N-ethyl adjacent to an activating group) is 1. The van der Waals surface area contributed by atoms with Crippen LogP contribution in [-0.4, -0.2) is 44.0 Å². The van der Waals surface area contributed by atoms with E-state index in [0.29, 0.717) is 19.6 Å². The Morgan fingerprint density at radius 3 is 2.94 bits per heavy atom. The van der Waals surface area contributed by atoms with Gasteiger partial charge in [0.15, 0.2) is 0 Å². The number of hydrogen-bond donors (Lipinski definition) is 1. The number of aromatic nitrogens is 1. The molecule has 1 aromatic rings. The van der Waals surface area contributed by atoms with Crippen LogP contribution in [0.1, 0.15) is 6.42 Å². The van der Waals surface area contributed by atoms with E-state index >= 15 is 0 Å². The Bertz CT molecular complexity index is 497. The summed E-state index contributed by atoms with van der Waals surface area (Å²) >= 11 is 0. The fourth-order valence-electron chi connectivity index (χ4n) is 1.77. The zero-order chi connectivity index (χ0) is 12.5. The Hall–Kier alpha value is -1.18. The molecule has 0 spiro atoms. The molecule has 1 aliphatic rings. The third-order valence-corrected chi connectivity index (χ3v) is 4.85. The number of pyridine rings is 1. The second kappa shape index (κ2) is 4.59. The van der Waals surface area contributed by atoms with E-state index in [1.54, 1.807) is 7.05 Å². The lowest BCUT2D eigenvalue weighted by atomic mass is 10.3. The third-order valence-electron chi connectivity index (χ3n) is 2.89. The van der Waals surface area contributed by atoms with Crippen LogP contribution in [0, 0.1) is 0 Å². The first kappa shape index (κ1) is 12.3. The molecule has 0 amide bonds. The van der Waals surface area contributed by atoms with E-state index in [4.69, 9.17) is 10.5 Å². The highest BCUT2D eigenvalue weighted by Crippen LogP contribution is 2.23. The Morgan fingerprint density at radius 1 is 1.59 bits per heavy atom. The summed E-state index contributed by atoms with van der Waals surface area (Å²) in [5.74, 6) is 0. The van der Waals surface area contributed by atoms with Crippen molar-refractivity contribution in [2.45, 2.75) is 17.4 Å². The molecule has 1 unspecified atom stereocenters. The predicted molar refractivity (Wildman–Crippen MR) is 62.8 cm³/mol. The summed E-state index contributed by atoms with van der Waals surface area (Å²) < 4.78 is 31.1. The Balaban J connectivity index is 2.33. The maximum absolute atomic E-state index is 12.3. The average Bonchev–Trinajstić information content (AvgIpc) is 2.81. The number of nitrogens with two attached hydrogens (primary N) is 1. The van der Waals surface area contributed by atoms with Gasteiger partial charge in [-0.1, -0.05) is 0 Å². The lowest BCUT2D eigenvalue weighted by Crippen LogP contribution is -2.37. The molecule has 0 aromatic carbocycles. The predicted octanol–water partition coefficient (Wildman–Crippen LogP) is 0.0732. The Labute approximate surface area is 100 Å². The molecule has 94 valence electrons. The van der Waals surface area contributed by atoms with Crippen LogP contribution < -0.4 is 5.73 Å². The molecule has 7 heteroatoms. The van der Waals surface area contributed by atoms with Crippen LogP contribution in [0.3, 0.4) is 0 Å². The number of hydrogen-bond acceptors (Lipinski definition) is 5. The van der Waals surface area contributed by atoms with Gasteiger partial charge in [-0.05, 0) is 12.5 Å². The van der Waals surface area contributed by atoms with Crippen LogP contribution in [0.5, 0.6) is 0 Å². The molecular formula is C10H15N3O3S. The largest absolute Gasteiger partial charge is 0.398 e. The fourth-order valence-corrected chi connectivity index (χ4v) is 3.20. The van der Waals surface area contributed by atoms with E-state index in [2.05, 4.69) is 4.98 Å². The molecule has 1 atom stereocenters.